The molecule has 0 atom stereocenters. The van der Waals surface area contributed by atoms with Gasteiger partial charge < -0.3 is 14.4 Å². The zero-order valence-corrected chi connectivity index (χ0v) is 16.5. The van der Waals surface area contributed by atoms with Crippen LogP contribution in [0.3, 0.4) is 0 Å². The van der Waals surface area contributed by atoms with Gasteiger partial charge in [0.25, 0.3) is 0 Å². The first-order chi connectivity index (χ1) is 13.8. The summed E-state index contributed by atoms with van der Waals surface area (Å²) in [6.45, 7) is 6.12. The average molecular weight is 377 g/mol. The van der Waals surface area contributed by atoms with Gasteiger partial charge in [0, 0.05) is 49.9 Å². The Kier molecular flexibility index (Phi) is 5.98. The van der Waals surface area contributed by atoms with Gasteiger partial charge in [-0.1, -0.05) is 42.5 Å². The van der Waals surface area contributed by atoms with E-state index in [-0.39, 0.29) is 0 Å². The van der Waals surface area contributed by atoms with Crippen LogP contribution in [0.2, 0.25) is 0 Å². The van der Waals surface area contributed by atoms with Crippen molar-refractivity contribution in [1.29, 1.82) is 0 Å². The summed E-state index contributed by atoms with van der Waals surface area (Å²) >= 11 is 0. The van der Waals surface area contributed by atoms with Crippen LogP contribution in [0.1, 0.15) is 6.42 Å². The second-order valence-electron chi connectivity index (χ2n) is 7.21. The summed E-state index contributed by atoms with van der Waals surface area (Å²) in [6.07, 6.45) is 1.04. The summed E-state index contributed by atoms with van der Waals surface area (Å²) in [7, 11) is 1.72. The smallest absolute Gasteiger partial charge is 0.127 e. The summed E-state index contributed by atoms with van der Waals surface area (Å²) < 4.78 is 11.4. The van der Waals surface area contributed by atoms with Gasteiger partial charge in [-0.2, -0.15) is 0 Å². The van der Waals surface area contributed by atoms with Crippen LogP contribution >= 0.6 is 0 Å². The van der Waals surface area contributed by atoms with Gasteiger partial charge in [0.2, 0.25) is 0 Å². The quantitative estimate of drug-likeness (QED) is 0.569. The van der Waals surface area contributed by atoms with E-state index in [0.29, 0.717) is 0 Å². The Morgan fingerprint density at radius 1 is 0.857 bits per heavy atom. The van der Waals surface area contributed by atoms with Crippen LogP contribution in [0.25, 0.3) is 10.8 Å². The molecule has 4 nitrogen and oxygen atoms in total. The first-order valence-corrected chi connectivity index (χ1v) is 10.1. The van der Waals surface area contributed by atoms with Crippen molar-refractivity contribution in [2.24, 2.45) is 0 Å². The molecule has 0 N–H and O–H groups in total. The highest BCUT2D eigenvalue weighted by atomic mass is 16.5. The molecule has 4 rings (SSSR count). The SMILES string of the molecule is COc1cccc(N2CCN(CCCOc3cccc4ccccc34)CC2)c1. The number of methoxy groups -OCH3 is 1. The Labute approximate surface area is 167 Å². The van der Waals surface area contributed by atoms with Crippen molar-refractivity contribution in [3.63, 3.8) is 0 Å². The molecule has 3 aromatic carbocycles. The fraction of sp³-hybridized carbons (Fsp3) is 0.333. The molecule has 28 heavy (non-hydrogen) atoms. The van der Waals surface area contributed by atoms with Gasteiger partial charge >= 0.3 is 0 Å². The number of benzene rings is 3. The number of rotatable bonds is 7. The number of anilines is 1. The maximum Gasteiger partial charge on any atom is 0.127 e. The van der Waals surface area contributed by atoms with E-state index in [4.69, 9.17) is 9.47 Å². The average Bonchev–Trinajstić information content (AvgIpc) is 2.77. The molecule has 1 fully saturated rings. The minimum absolute atomic E-state index is 0.754. The number of hydrogen-bond donors (Lipinski definition) is 0. The highest BCUT2D eigenvalue weighted by molar-refractivity contribution is 5.88. The van der Waals surface area contributed by atoms with Gasteiger partial charge in [-0.05, 0) is 30.0 Å². The number of nitrogens with zero attached hydrogens (tertiary/aromatic N) is 2. The predicted octanol–water partition coefficient (Wildman–Crippen LogP) is 4.44. The van der Waals surface area contributed by atoms with Crippen LogP contribution in [0.5, 0.6) is 11.5 Å². The third-order valence-electron chi connectivity index (χ3n) is 5.42. The summed E-state index contributed by atoms with van der Waals surface area (Å²) in [5.74, 6) is 1.91. The Balaban J connectivity index is 1.22. The molecule has 0 amide bonds. The predicted molar refractivity (Wildman–Crippen MR) is 116 cm³/mol. The van der Waals surface area contributed by atoms with Gasteiger partial charge in [-0.3, -0.25) is 4.90 Å². The van der Waals surface area contributed by atoms with Crippen LogP contribution in [0.15, 0.2) is 66.7 Å². The molecule has 0 spiro atoms. The monoisotopic (exact) mass is 376 g/mol. The molecule has 0 aromatic heterocycles. The number of piperazine rings is 1. The molecule has 0 unspecified atom stereocenters. The van der Waals surface area contributed by atoms with Crippen LogP contribution in [-0.2, 0) is 0 Å². The van der Waals surface area contributed by atoms with E-state index >= 15 is 0 Å². The van der Waals surface area contributed by atoms with E-state index in [1.807, 2.05) is 6.07 Å². The van der Waals surface area contributed by atoms with Crippen molar-refractivity contribution in [3.05, 3.63) is 66.7 Å². The zero-order chi connectivity index (χ0) is 19.2. The Morgan fingerprint density at radius 2 is 1.64 bits per heavy atom. The van der Waals surface area contributed by atoms with E-state index in [2.05, 4.69) is 70.5 Å². The summed E-state index contributed by atoms with van der Waals surface area (Å²) in [5, 5.41) is 2.42. The Hall–Kier alpha value is -2.72. The van der Waals surface area contributed by atoms with Gasteiger partial charge in [0.05, 0.1) is 13.7 Å². The first kappa shape index (κ1) is 18.6. The van der Waals surface area contributed by atoms with Gasteiger partial charge in [0.15, 0.2) is 0 Å². The molecular weight excluding hydrogens is 348 g/mol. The number of fused-ring (bicyclic) bond motifs is 1. The lowest BCUT2D eigenvalue weighted by Gasteiger charge is -2.36. The number of ether oxygens (including phenoxy) is 2. The lowest BCUT2D eigenvalue weighted by molar-refractivity contribution is 0.225. The highest BCUT2D eigenvalue weighted by Gasteiger charge is 2.17. The lowest BCUT2D eigenvalue weighted by atomic mass is 10.1. The van der Waals surface area contributed by atoms with E-state index in [1.165, 1.54) is 16.5 Å². The van der Waals surface area contributed by atoms with Crippen LogP contribution in [0, 0.1) is 0 Å². The third-order valence-corrected chi connectivity index (χ3v) is 5.42. The maximum atomic E-state index is 6.08. The first-order valence-electron chi connectivity index (χ1n) is 10.1. The maximum absolute atomic E-state index is 6.08. The molecule has 3 aromatic rings. The summed E-state index contributed by atoms with van der Waals surface area (Å²) in [4.78, 5) is 4.97. The van der Waals surface area contributed by atoms with Gasteiger partial charge in [0.1, 0.15) is 11.5 Å². The van der Waals surface area contributed by atoms with Gasteiger partial charge in [-0.15, -0.1) is 0 Å². The molecule has 1 saturated heterocycles. The van der Waals surface area contributed by atoms with E-state index in [9.17, 15) is 0 Å². The molecule has 1 heterocycles. The van der Waals surface area contributed by atoms with Crippen LogP contribution in [-0.4, -0.2) is 51.3 Å². The fourth-order valence-electron chi connectivity index (χ4n) is 3.83. The van der Waals surface area contributed by atoms with Crippen LogP contribution < -0.4 is 14.4 Å². The Bertz CT molecular complexity index is 899. The molecule has 4 heteroatoms. The van der Waals surface area contributed by atoms with E-state index < -0.39 is 0 Å². The van der Waals surface area contributed by atoms with Crippen molar-refractivity contribution in [3.8, 4) is 11.5 Å². The molecule has 1 aliphatic rings. The minimum atomic E-state index is 0.754. The highest BCUT2D eigenvalue weighted by Crippen LogP contribution is 2.25. The summed E-state index contributed by atoms with van der Waals surface area (Å²) in [5.41, 5.74) is 1.25. The Morgan fingerprint density at radius 3 is 2.50 bits per heavy atom. The molecule has 0 radical (unpaired) electrons. The molecule has 0 bridgehead atoms. The largest absolute Gasteiger partial charge is 0.497 e. The van der Waals surface area contributed by atoms with E-state index in [1.54, 1.807) is 7.11 Å². The molecule has 0 aliphatic carbocycles. The van der Waals surface area contributed by atoms with Crippen molar-refractivity contribution < 1.29 is 9.47 Å². The van der Waals surface area contributed by atoms with Gasteiger partial charge in [-0.25, -0.2) is 0 Å². The van der Waals surface area contributed by atoms with Crippen molar-refractivity contribution in [2.75, 3.05) is 51.3 Å². The second kappa shape index (κ2) is 8.98. The fourth-order valence-corrected chi connectivity index (χ4v) is 3.83. The third kappa shape index (κ3) is 4.39. The standard InChI is InChI=1S/C24H28N2O2/c1-27-22-10-5-9-21(19-22)26-16-14-25(15-17-26)13-6-18-28-24-12-4-8-20-7-2-3-11-23(20)24/h2-5,7-12,19H,6,13-18H2,1H3. The summed E-state index contributed by atoms with van der Waals surface area (Å²) in [6, 6.07) is 23.0. The van der Waals surface area contributed by atoms with E-state index in [0.717, 1.165) is 57.3 Å². The topological polar surface area (TPSA) is 24.9 Å². The van der Waals surface area contributed by atoms with Crippen LogP contribution in [0.4, 0.5) is 5.69 Å². The molecule has 1 aliphatic heterocycles. The molecule has 146 valence electrons. The van der Waals surface area contributed by atoms with Crippen molar-refractivity contribution >= 4 is 16.5 Å². The zero-order valence-electron chi connectivity index (χ0n) is 16.5. The molecular formula is C24H28N2O2. The van der Waals surface area contributed by atoms with Crippen molar-refractivity contribution in [1.82, 2.24) is 4.90 Å². The lowest BCUT2D eigenvalue weighted by Crippen LogP contribution is -2.46. The second-order valence-corrected chi connectivity index (χ2v) is 7.21. The molecule has 0 saturated carbocycles. The number of hydrogen-bond acceptors (Lipinski definition) is 4. The minimum Gasteiger partial charge on any atom is -0.497 e. The van der Waals surface area contributed by atoms with Crippen molar-refractivity contribution in [2.45, 2.75) is 6.42 Å². The normalized spacial score (nSPS) is 15.0.